The largest absolute Gasteiger partial charge is 0.493 e. The lowest BCUT2D eigenvalue weighted by molar-refractivity contribution is 0.279. The minimum atomic E-state index is -0.315. The van der Waals surface area contributed by atoms with Crippen LogP contribution in [-0.2, 0) is 6.61 Å². The molecule has 0 spiro atoms. The number of ether oxygens (including phenoxy) is 2. The highest BCUT2D eigenvalue weighted by Crippen LogP contribution is 2.29. The fourth-order valence-corrected chi connectivity index (χ4v) is 4.72. The zero-order valence-electron chi connectivity index (χ0n) is 18.4. The molecule has 0 bridgehead atoms. The fraction of sp³-hybridized carbons (Fsp3) is 0.154. The van der Waals surface area contributed by atoms with Gasteiger partial charge in [-0.1, -0.05) is 35.6 Å². The number of aryl methyl sites for hydroxylation is 2. The number of aromatic nitrogens is 2. The standard InChI is InChI=1S/C26H21FN2O3S/c1-15-10-20-21(11-16(15)2)29-25(30)24(33-26(29)28-20)13-17-8-9-22(23(12-17)31-3)32-14-18-6-4-5-7-19(18)27/h4-13H,14H2,1-3H3/b24-13-. The zero-order chi connectivity index (χ0) is 23.1. The molecule has 0 aliphatic carbocycles. The minimum Gasteiger partial charge on any atom is -0.493 e. The molecule has 0 aliphatic heterocycles. The van der Waals surface area contributed by atoms with Gasteiger partial charge >= 0.3 is 0 Å². The first kappa shape index (κ1) is 21.2. The Labute approximate surface area is 193 Å². The highest BCUT2D eigenvalue weighted by atomic mass is 32.1. The van der Waals surface area contributed by atoms with Gasteiger partial charge in [-0.3, -0.25) is 4.79 Å². The van der Waals surface area contributed by atoms with Gasteiger partial charge < -0.3 is 9.47 Å². The zero-order valence-corrected chi connectivity index (χ0v) is 19.2. The van der Waals surface area contributed by atoms with Crippen molar-refractivity contribution in [3.8, 4) is 11.5 Å². The molecule has 0 unspecified atom stereocenters. The Kier molecular flexibility index (Phi) is 5.34. The molecule has 0 saturated heterocycles. The Morgan fingerprint density at radius 2 is 1.85 bits per heavy atom. The molecule has 0 N–H and O–H groups in total. The van der Waals surface area contributed by atoms with Gasteiger partial charge in [0.15, 0.2) is 16.5 Å². The summed E-state index contributed by atoms with van der Waals surface area (Å²) in [5, 5.41) is 0. The van der Waals surface area contributed by atoms with E-state index in [1.54, 1.807) is 41.8 Å². The Bertz CT molecular complexity index is 1620. The van der Waals surface area contributed by atoms with Crippen molar-refractivity contribution in [3.63, 3.8) is 0 Å². The molecule has 5 nitrogen and oxygen atoms in total. The summed E-state index contributed by atoms with van der Waals surface area (Å²) >= 11 is 1.35. The second-order valence-electron chi connectivity index (χ2n) is 7.86. The van der Waals surface area contributed by atoms with Crippen LogP contribution in [0.25, 0.3) is 22.1 Å². The smallest absolute Gasteiger partial charge is 0.274 e. The lowest BCUT2D eigenvalue weighted by Gasteiger charge is -2.11. The van der Waals surface area contributed by atoms with Crippen molar-refractivity contribution in [2.45, 2.75) is 20.5 Å². The summed E-state index contributed by atoms with van der Waals surface area (Å²) in [7, 11) is 1.55. The number of nitrogens with zero attached hydrogens (tertiary/aromatic N) is 2. The van der Waals surface area contributed by atoms with E-state index in [9.17, 15) is 9.18 Å². The lowest BCUT2D eigenvalue weighted by atomic mass is 10.1. The molecule has 166 valence electrons. The van der Waals surface area contributed by atoms with Crippen molar-refractivity contribution < 1.29 is 13.9 Å². The van der Waals surface area contributed by atoms with Gasteiger partial charge in [0.2, 0.25) is 0 Å². The van der Waals surface area contributed by atoms with E-state index in [0.717, 1.165) is 27.7 Å². The minimum absolute atomic E-state index is 0.0882. The lowest BCUT2D eigenvalue weighted by Crippen LogP contribution is -2.22. The normalized spacial score (nSPS) is 12.1. The van der Waals surface area contributed by atoms with Crippen LogP contribution in [0.15, 0.2) is 59.4 Å². The second-order valence-corrected chi connectivity index (χ2v) is 8.87. The van der Waals surface area contributed by atoms with E-state index < -0.39 is 0 Å². The van der Waals surface area contributed by atoms with Gasteiger partial charge in [0.1, 0.15) is 12.4 Å². The highest BCUT2D eigenvalue weighted by molar-refractivity contribution is 7.15. The maximum atomic E-state index is 13.9. The summed E-state index contributed by atoms with van der Waals surface area (Å²) in [4.78, 5) is 18.4. The summed E-state index contributed by atoms with van der Waals surface area (Å²) in [6.07, 6.45) is 1.82. The first-order valence-corrected chi connectivity index (χ1v) is 11.2. The third-order valence-electron chi connectivity index (χ3n) is 5.68. The third kappa shape index (κ3) is 3.85. The van der Waals surface area contributed by atoms with Crippen molar-refractivity contribution >= 4 is 33.4 Å². The molecule has 5 aromatic rings. The number of hydrogen-bond acceptors (Lipinski definition) is 5. The molecule has 2 aromatic heterocycles. The summed E-state index contributed by atoms with van der Waals surface area (Å²) < 4.78 is 27.4. The van der Waals surface area contributed by atoms with Crippen molar-refractivity contribution in [3.05, 3.63) is 97.6 Å². The number of benzene rings is 3. The summed E-state index contributed by atoms with van der Waals surface area (Å²) in [6, 6.07) is 15.9. The van der Waals surface area contributed by atoms with Crippen LogP contribution in [0.1, 0.15) is 22.3 Å². The van der Waals surface area contributed by atoms with Crippen LogP contribution in [-0.4, -0.2) is 16.5 Å². The maximum Gasteiger partial charge on any atom is 0.274 e. The van der Waals surface area contributed by atoms with Gasteiger partial charge in [0, 0.05) is 5.56 Å². The van der Waals surface area contributed by atoms with E-state index in [1.165, 1.54) is 17.4 Å². The molecule has 33 heavy (non-hydrogen) atoms. The summed E-state index contributed by atoms with van der Waals surface area (Å²) in [5.41, 5.74) is 5.08. The van der Waals surface area contributed by atoms with Crippen LogP contribution in [0.3, 0.4) is 0 Å². The van der Waals surface area contributed by atoms with Crippen LogP contribution in [0.5, 0.6) is 11.5 Å². The van der Waals surface area contributed by atoms with Crippen molar-refractivity contribution in [1.82, 2.24) is 9.38 Å². The molecule has 0 amide bonds. The molecular formula is C26H21FN2O3S. The molecule has 0 fully saturated rings. The fourth-order valence-electron chi connectivity index (χ4n) is 3.73. The molecular weight excluding hydrogens is 439 g/mol. The molecule has 0 atom stereocenters. The van der Waals surface area contributed by atoms with Crippen molar-refractivity contribution in [2.24, 2.45) is 0 Å². The van der Waals surface area contributed by atoms with Gasteiger partial charge in [-0.05, 0) is 66.9 Å². The van der Waals surface area contributed by atoms with Crippen LogP contribution in [0, 0.1) is 19.7 Å². The van der Waals surface area contributed by atoms with Crippen LogP contribution >= 0.6 is 11.3 Å². The van der Waals surface area contributed by atoms with E-state index in [1.807, 2.05) is 38.1 Å². The number of halogens is 1. The predicted molar refractivity (Wildman–Crippen MR) is 129 cm³/mol. The second kappa shape index (κ2) is 8.33. The SMILES string of the molecule is COc1cc(/C=c2\sc3nc4cc(C)c(C)cc4n3c2=O)ccc1OCc1ccccc1F. The highest BCUT2D eigenvalue weighted by Gasteiger charge is 2.13. The third-order valence-corrected chi connectivity index (χ3v) is 6.65. The van der Waals surface area contributed by atoms with E-state index in [0.29, 0.717) is 26.6 Å². The monoisotopic (exact) mass is 460 g/mol. The van der Waals surface area contributed by atoms with Crippen molar-refractivity contribution in [1.29, 1.82) is 0 Å². The number of rotatable bonds is 5. The molecule has 2 heterocycles. The quantitative estimate of drug-likeness (QED) is 0.378. The molecule has 5 rings (SSSR count). The Morgan fingerprint density at radius 3 is 2.64 bits per heavy atom. The molecule has 7 heteroatoms. The van der Waals surface area contributed by atoms with Gasteiger partial charge in [0.25, 0.3) is 5.56 Å². The van der Waals surface area contributed by atoms with Gasteiger partial charge in [-0.25, -0.2) is 13.8 Å². The number of hydrogen-bond donors (Lipinski definition) is 0. The Morgan fingerprint density at radius 1 is 1.06 bits per heavy atom. The average molecular weight is 461 g/mol. The van der Waals surface area contributed by atoms with E-state index in [-0.39, 0.29) is 18.0 Å². The number of methoxy groups -OCH3 is 1. The van der Waals surface area contributed by atoms with E-state index in [4.69, 9.17) is 9.47 Å². The van der Waals surface area contributed by atoms with Crippen LogP contribution in [0.4, 0.5) is 4.39 Å². The van der Waals surface area contributed by atoms with Gasteiger partial charge in [-0.15, -0.1) is 0 Å². The molecule has 3 aromatic carbocycles. The van der Waals surface area contributed by atoms with Gasteiger partial charge in [0.05, 0.1) is 22.7 Å². The van der Waals surface area contributed by atoms with Gasteiger partial charge in [-0.2, -0.15) is 0 Å². The van der Waals surface area contributed by atoms with E-state index in [2.05, 4.69) is 4.98 Å². The molecule has 0 radical (unpaired) electrons. The topological polar surface area (TPSA) is 52.8 Å². The van der Waals surface area contributed by atoms with Crippen LogP contribution < -0.4 is 19.6 Å². The number of fused-ring (bicyclic) bond motifs is 3. The molecule has 0 aliphatic rings. The summed E-state index contributed by atoms with van der Waals surface area (Å²) in [6.45, 7) is 4.15. The Balaban J connectivity index is 1.50. The maximum absolute atomic E-state index is 13.9. The number of imidazole rings is 1. The van der Waals surface area contributed by atoms with E-state index >= 15 is 0 Å². The summed E-state index contributed by atoms with van der Waals surface area (Å²) in [5.74, 6) is 0.688. The predicted octanol–water partition coefficient (Wildman–Crippen LogP) is 4.80. The first-order valence-electron chi connectivity index (χ1n) is 10.4. The first-order chi connectivity index (χ1) is 15.9. The Hall–Kier alpha value is -3.71. The van der Waals surface area contributed by atoms with Crippen molar-refractivity contribution in [2.75, 3.05) is 7.11 Å². The van der Waals surface area contributed by atoms with Crippen LogP contribution in [0.2, 0.25) is 0 Å². The number of thiazole rings is 1. The molecule has 0 saturated carbocycles. The average Bonchev–Trinajstić information content (AvgIpc) is 3.29.